The molecule has 0 bridgehead atoms. The Morgan fingerprint density at radius 3 is 1.84 bits per heavy atom. The highest BCUT2D eigenvalue weighted by molar-refractivity contribution is 9.10. The lowest BCUT2D eigenvalue weighted by atomic mass is 10.0. The van der Waals surface area contributed by atoms with E-state index in [1.807, 2.05) is 0 Å². The molecule has 6 aromatic carbocycles. The normalized spacial score (nSPS) is 11.4. The molecule has 1 aromatic heterocycles. The van der Waals surface area contributed by atoms with Gasteiger partial charge >= 0.3 is 0 Å². The Kier molecular flexibility index (Phi) is 5.30. The zero-order valence-electron chi connectivity index (χ0n) is 20.1. The Hall–Kier alpha value is -4.34. The molecular weight excluding hydrogens is 516 g/mol. The molecule has 0 aliphatic heterocycles. The second-order valence-electron chi connectivity index (χ2n) is 9.21. The van der Waals surface area contributed by atoms with Gasteiger partial charge in [-0.25, -0.2) is 0 Å². The van der Waals surface area contributed by atoms with Gasteiger partial charge in [-0.05, 0) is 65.4 Å². The lowest BCUT2D eigenvalue weighted by molar-refractivity contribution is 1.17. The fourth-order valence-corrected chi connectivity index (χ4v) is 5.91. The molecule has 0 saturated carbocycles. The largest absolute Gasteiger partial charge is 0.310 e. The highest BCUT2D eigenvalue weighted by Crippen LogP contribution is 2.40. The monoisotopic (exact) mass is 538 g/mol. The van der Waals surface area contributed by atoms with Crippen molar-refractivity contribution in [3.8, 4) is 5.69 Å². The maximum Gasteiger partial charge on any atom is 0.0547 e. The van der Waals surface area contributed by atoms with Crippen molar-refractivity contribution in [2.75, 3.05) is 4.90 Å². The average Bonchev–Trinajstić information content (AvgIpc) is 3.29. The Morgan fingerprint density at radius 2 is 1.11 bits per heavy atom. The zero-order chi connectivity index (χ0) is 24.8. The summed E-state index contributed by atoms with van der Waals surface area (Å²) in [5.41, 5.74) is 6.84. The lowest BCUT2D eigenvalue weighted by Gasteiger charge is -2.26. The van der Waals surface area contributed by atoms with E-state index in [-0.39, 0.29) is 0 Å². The molecule has 7 rings (SSSR count). The summed E-state index contributed by atoms with van der Waals surface area (Å²) in [5, 5.41) is 5.09. The van der Waals surface area contributed by atoms with Crippen molar-refractivity contribution in [3.05, 3.63) is 144 Å². The first-order valence-electron chi connectivity index (χ1n) is 12.4. The molecule has 0 fully saturated rings. The van der Waals surface area contributed by atoms with Crippen molar-refractivity contribution >= 4 is 65.6 Å². The highest BCUT2D eigenvalue weighted by atomic mass is 79.9. The summed E-state index contributed by atoms with van der Waals surface area (Å²) in [4.78, 5) is 2.30. The van der Waals surface area contributed by atoms with Crippen molar-refractivity contribution < 1.29 is 0 Å². The van der Waals surface area contributed by atoms with E-state index in [4.69, 9.17) is 0 Å². The van der Waals surface area contributed by atoms with E-state index in [1.54, 1.807) is 0 Å². The third-order valence-corrected chi connectivity index (χ3v) is 7.43. The molecular formula is C34H23BrN2. The van der Waals surface area contributed by atoms with Gasteiger partial charge in [0, 0.05) is 38.0 Å². The van der Waals surface area contributed by atoms with Crippen LogP contribution < -0.4 is 4.90 Å². The minimum Gasteiger partial charge on any atom is -0.310 e. The standard InChI is InChI=1S/C34H23BrN2/c35-25-21-28(36(26-12-3-1-4-13-26)27-14-5-2-6-15-27)23-29(22-25)37-32-18-10-9-17-31(32)34-30-16-8-7-11-24(30)19-20-33(34)37/h1-23H. The second kappa shape index (κ2) is 8.95. The number of anilines is 3. The molecule has 7 aromatic rings. The third kappa shape index (κ3) is 3.71. The molecule has 0 atom stereocenters. The van der Waals surface area contributed by atoms with Gasteiger partial charge in [0.2, 0.25) is 0 Å². The van der Waals surface area contributed by atoms with Crippen molar-refractivity contribution in [1.82, 2.24) is 4.57 Å². The number of benzene rings is 6. The lowest BCUT2D eigenvalue weighted by Crippen LogP contribution is -2.10. The molecule has 0 amide bonds. The van der Waals surface area contributed by atoms with Crippen LogP contribution in [0.2, 0.25) is 0 Å². The van der Waals surface area contributed by atoms with Crippen molar-refractivity contribution in [2.24, 2.45) is 0 Å². The number of hydrogen-bond donors (Lipinski definition) is 0. The van der Waals surface area contributed by atoms with Gasteiger partial charge in [0.25, 0.3) is 0 Å². The summed E-state index contributed by atoms with van der Waals surface area (Å²) >= 11 is 3.84. The Bertz CT molecular complexity index is 1850. The number of halogens is 1. The quantitative estimate of drug-likeness (QED) is 0.216. The van der Waals surface area contributed by atoms with Gasteiger partial charge in [-0.15, -0.1) is 0 Å². The van der Waals surface area contributed by atoms with Gasteiger partial charge in [0.1, 0.15) is 0 Å². The summed E-state index contributed by atoms with van der Waals surface area (Å²) in [6.45, 7) is 0. The predicted molar refractivity (Wildman–Crippen MR) is 161 cm³/mol. The van der Waals surface area contributed by atoms with E-state index in [0.717, 1.165) is 27.2 Å². The molecule has 0 spiro atoms. The molecule has 0 unspecified atom stereocenters. The molecule has 0 radical (unpaired) electrons. The van der Waals surface area contributed by atoms with Gasteiger partial charge in [0.05, 0.1) is 11.0 Å². The third-order valence-electron chi connectivity index (χ3n) is 6.97. The first-order chi connectivity index (χ1) is 18.3. The van der Waals surface area contributed by atoms with Crippen LogP contribution in [0.15, 0.2) is 144 Å². The fraction of sp³-hybridized carbons (Fsp3) is 0. The van der Waals surface area contributed by atoms with Crippen LogP contribution in [0.1, 0.15) is 0 Å². The van der Waals surface area contributed by atoms with Gasteiger partial charge in [-0.1, -0.05) is 101 Å². The molecule has 1 heterocycles. The smallest absolute Gasteiger partial charge is 0.0547 e. The number of para-hydroxylation sites is 3. The van der Waals surface area contributed by atoms with Gasteiger partial charge in [-0.2, -0.15) is 0 Å². The Labute approximate surface area is 224 Å². The summed E-state index contributed by atoms with van der Waals surface area (Å²) < 4.78 is 3.42. The Morgan fingerprint density at radius 1 is 0.486 bits per heavy atom. The predicted octanol–water partition coefficient (Wildman–Crippen LogP) is 10.2. The maximum absolute atomic E-state index is 3.84. The van der Waals surface area contributed by atoms with Crippen LogP contribution in [-0.2, 0) is 0 Å². The fourth-order valence-electron chi connectivity index (χ4n) is 5.44. The zero-order valence-corrected chi connectivity index (χ0v) is 21.6. The summed E-state index contributed by atoms with van der Waals surface area (Å²) in [5.74, 6) is 0. The average molecular weight is 539 g/mol. The molecule has 3 heteroatoms. The van der Waals surface area contributed by atoms with Crippen LogP contribution in [0.4, 0.5) is 17.1 Å². The van der Waals surface area contributed by atoms with Crippen LogP contribution in [0, 0.1) is 0 Å². The maximum atomic E-state index is 3.84. The number of rotatable bonds is 4. The van der Waals surface area contributed by atoms with Crippen molar-refractivity contribution in [3.63, 3.8) is 0 Å². The van der Waals surface area contributed by atoms with E-state index in [2.05, 4.69) is 165 Å². The highest BCUT2D eigenvalue weighted by Gasteiger charge is 2.18. The van der Waals surface area contributed by atoms with E-state index in [0.29, 0.717) is 0 Å². The van der Waals surface area contributed by atoms with Gasteiger partial charge < -0.3 is 9.47 Å². The first kappa shape index (κ1) is 21.9. The number of fused-ring (bicyclic) bond motifs is 5. The molecule has 0 saturated heterocycles. The van der Waals surface area contributed by atoms with Gasteiger partial charge in [-0.3, -0.25) is 0 Å². The van der Waals surface area contributed by atoms with E-state index in [1.165, 1.54) is 32.6 Å². The topological polar surface area (TPSA) is 8.17 Å². The van der Waals surface area contributed by atoms with E-state index >= 15 is 0 Å². The minimum atomic E-state index is 1.03. The van der Waals surface area contributed by atoms with Crippen molar-refractivity contribution in [1.29, 1.82) is 0 Å². The number of hydrogen-bond acceptors (Lipinski definition) is 1. The van der Waals surface area contributed by atoms with E-state index in [9.17, 15) is 0 Å². The van der Waals surface area contributed by atoms with Crippen LogP contribution in [0.3, 0.4) is 0 Å². The Balaban J connectivity index is 1.52. The molecule has 37 heavy (non-hydrogen) atoms. The minimum absolute atomic E-state index is 1.03. The van der Waals surface area contributed by atoms with Crippen LogP contribution >= 0.6 is 15.9 Å². The SMILES string of the molecule is Brc1cc(N(c2ccccc2)c2ccccc2)cc(-n2c3ccccc3c3c4ccccc4ccc32)c1. The van der Waals surface area contributed by atoms with Crippen LogP contribution in [-0.4, -0.2) is 4.57 Å². The van der Waals surface area contributed by atoms with Crippen molar-refractivity contribution in [2.45, 2.75) is 0 Å². The molecule has 2 nitrogen and oxygen atoms in total. The summed E-state index contributed by atoms with van der Waals surface area (Å²) in [7, 11) is 0. The summed E-state index contributed by atoms with van der Waals surface area (Å²) in [6.07, 6.45) is 0. The first-order valence-corrected chi connectivity index (χ1v) is 13.2. The number of aromatic nitrogens is 1. The molecule has 0 aliphatic carbocycles. The van der Waals surface area contributed by atoms with Gasteiger partial charge in [0.15, 0.2) is 0 Å². The number of nitrogens with zero attached hydrogens (tertiary/aromatic N) is 2. The molecule has 0 aliphatic rings. The molecule has 0 N–H and O–H groups in total. The molecule has 176 valence electrons. The second-order valence-corrected chi connectivity index (χ2v) is 10.1. The van der Waals surface area contributed by atoms with Crippen LogP contribution in [0.5, 0.6) is 0 Å². The van der Waals surface area contributed by atoms with Crippen LogP contribution in [0.25, 0.3) is 38.3 Å². The summed E-state index contributed by atoms with van der Waals surface area (Å²) in [6, 6.07) is 49.6. The van der Waals surface area contributed by atoms with E-state index < -0.39 is 0 Å².